The minimum absolute atomic E-state index is 0.104. The van der Waals surface area contributed by atoms with Crippen molar-refractivity contribution in [3.63, 3.8) is 0 Å². The van der Waals surface area contributed by atoms with Gasteiger partial charge < -0.3 is 25.2 Å². The molecule has 2 aromatic rings. The summed E-state index contributed by atoms with van der Waals surface area (Å²) >= 11 is 6.06. The molecule has 0 saturated carbocycles. The molecular weight excluding hydrogens is 384 g/mol. The van der Waals surface area contributed by atoms with Gasteiger partial charge in [0, 0.05) is 10.6 Å². The van der Waals surface area contributed by atoms with Crippen LogP contribution in [0.2, 0.25) is 5.02 Å². The van der Waals surface area contributed by atoms with Crippen molar-refractivity contribution in [3.05, 3.63) is 64.2 Å². The van der Waals surface area contributed by atoms with Gasteiger partial charge in [-0.3, -0.25) is 0 Å². The highest BCUT2D eigenvalue weighted by Gasteiger charge is 2.35. The highest BCUT2D eigenvalue weighted by Crippen LogP contribution is 2.37. The smallest absolute Gasteiger partial charge is 0.338 e. The van der Waals surface area contributed by atoms with E-state index in [2.05, 4.69) is 10.6 Å². The summed E-state index contributed by atoms with van der Waals surface area (Å²) in [6.45, 7) is 1.84. The van der Waals surface area contributed by atoms with Crippen molar-refractivity contribution in [2.45, 2.75) is 13.0 Å². The van der Waals surface area contributed by atoms with Gasteiger partial charge in [-0.25, -0.2) is 9.59 Å². The maximum absolute atomic E-state index is 12.8. The van der Waals surface area contributed by atoms with Gasteiger partial charge in [0.05, 0.1) is 31.0 Å². The molecule has 0 saturated heterocycles. The average Bonchev–Trinajstić information content (AvgIpc) is 2.69. The average molecular weight is 403 g/mol. The first kappa shape index (κ1) is 19.6. The number of aromatic hydroxyl groups is 1. The van der Waals surface area contributed by atoms with Gasteiger partial charge in [0.25, 0.3) is 0 Å². The molecule has 2 amide bonds. The van der Waals surface area contributed by atoms with Crippen molar-refractivity contribution in [2.24, 2.45) is 0 Å². The van der Waals surface area contributed by atoms with E-state index < -0.39 is 18.0 Å². The summed E-state index contributed by atoms with van der Waals surface area (Å²) in [5.41, 5.74) is 1.32. The number of halogens is 1. The largest absolute Gasteiger partial charge is 0.508 e. The van der Waals surface area contributed by atoms with Crippen LogP contribution in [0.5, 0.6) is 11.5 Å². The number of esters is 1. The van der Waals surface area contributed by atoms with E-state index in [1.807, 2.05) is 0 Å². The number of carbonyl (C=O) groups is 2. The van der Waals surface area contributed by atoms with Crippen LogP contribution < -0.4 is 15.4 Å². The van der Waals surface area contributed by atoms with Gasteiger partial charge in [-0.05, 0) is 55.0 Å². The highest BCUT2D eigenvalue weighted by molar-refractivity contribution is 6.30. The zero-order chi connectivity index (χ0) is 20.3. The summed E-state index contributed by atoms with van der Waals surface area (Å²) in [7, 11) is 1.54. The van der Waals surface area contributed by atoms with Gasteiger partial charge in [-0.1, -0.05) is 11.6 Å². The number of carbonyl (C=O) groups excluding carboxylic acids is 2. The number of ether oxygens (including phenoxy) is 2. The van der Waals surface area contributed by atoms with Gasteiger partial charge in [0.2, 0.25) is 0 Å². The van der Waals surface area contributed by atoms with E-state index in [1.54, 1.807) is 38.3 Å². The van der Waals surface area contributed by atoms with Gasteiger partial charge in [0.15, 0.2) is 0 Å². The number of methoxy groups -OCH3 is 1. The maximum Gasteiger partial charge on any atom is 0.338 e. The van der Waals surface area contributed by atoms with Crippen LogP contribution in [-0.2, 0) is 9.53 Å². The van der Waals surface area contributed by atoms with Crippen LogP contribution in [0.1, 0.15) is 24.1 Å². The lowest BCUT2D eigenvalue weighted by Crippen LogP contribution is -2.45. The minimum atomic E-state index is -0.941. The number of benzene rings is 2. The molecule has 2 aromatic carbocycles. The van der Waals surface area contributed by atoms with Crippen molar-refractivity contribution < 1.29 is 24.2 Å². The van der Waals surface area contributed by atoms with E-state index in [-0.39, 0.29) is 29.2 Å². The van der Waals surface area contributed by atoms with Crippen molar-refractivity contribution in [1.29, 1.82) is 0 Å². The van der Waals surface area contributed by atoms with Crippen molar-refractivity contribution in [1.82, 2.24) is 10.6 Å². The maximum atomic E-state index is 12.8. The number of phenolic OH excluding ortho intramolecular Hbond substituents is 1. The second-order valence-corrected chi connectivity index (χ2v) is 6.41. The summed E-state index contributed by atoms with van der Waals surface area (Å²) in [4.78, 5) is 25.1. The van der Waals surface area contributed by atoms with E-state index in [1.165, 1.54) is 18.2 Å². The zero-order valence-corrected chi connectivity index (χ0v) is 16.0. The number of phenols is 1. The first-order valence-corrected chi connectivity index (χ1v) is 8.94. The number of hydrogen-bond acceptors (Lipinski definition) is 5. The quantitative estimate of drug-likeness (QED) is 0.666. The van der Waals surface area contributed by atoms with E-state index in [0.29, 0.717) is 16.3 Å². The Kier molecular flexibility index (Phi) is 5.75. The summed E-state index contributed by atoms with van der Waals surface area (Å²) in [5, 5.41) is 16.0. The Labute approximate surface area is 166 Å². The molecule has 1 aliphatic rings. The number of nitrogens with one attached hydrogen (secondary N) is 2. The fourth-order valence-electron chi connectivity index (χ4n) is 2.97. The van der Waals surface area contributed by atoms with Crippen LogP contribution in [0.15, 0.2) is 48.0 Å². The molecule has 0 aromatic heterocycles. The zero-order valence-electron chi connectivity index (χ0n) is 15.3. The summed E-state index contributed by atoms with van der Waals surface area (Å²) in [6, 6.07) is 9.81. The van der Waals surface area contributed by atoms with E-state index in [0.717, 1.165) is 0 Å². The predicted molar refractivity (Wildman–Crippen MR) is 104 cm³/mol. The summed E-state index contributed by atoms with van der Waals surface area (Å²) < 4.78 is 10.4. The normalized spacial score (nSPS) is 16.2. The Hall–Kier alpha value is -3.19. The summed E-state index contributed by atoms with van der Waals surface area (Å²) in [6.07, 6.45) is 0. The van der Waals surface area contributed by atoms with Crippen LogP contribution in [0.4, 0.5) is 4.79 Å². The number of urea groups is 1. The molecule has 1 unspecified atom stereocenters. The standard InChI is InChI=1S/C20H19ClN2O5/c1-3-28-19(25)16-17(11-4-7-13(27-2)8-5-11)22-20(26)23-18(16)14-10-12(21)6-9-15(14)24/h4-10,18,24H,3H2,1-2H3,(H2,22,23,26). The lowest BCUT2D eigenvalue weighted by Gasteiger charge is -2.30. The Bertz CT molecular complexity index is 940. The second-order valence-electron chi connectivity index (χ2n) is 5.97. The molecule has 0 aliphatic carbocycles. The van der Waals surface area contributed by atoms with Gasteiger partial charge in [-0.15, -0.1) is 0 Å². The fourth-order valence-corrected chi connectivity index (χ4v) is 3.15. The molecule has 0 fully saturated rings. The molecule has 3 rings (SSSR count). The molecule has 1 atom stereocenters. The van der Waals surface area contributed by atoms with Crippen molar-refractivity contribution in [2.75, 3.05) is 13.7 Å². The van der Waals surface area contributed by atoms with Crippen LogP contribution in [0.3, 0.4) is 0 Å². The molecule has 0 radical (unpaired) electrons. The molecular formula is C20H19ClN2O5. The predicted octanol–water partition coefficient (Wildman–Crippen LogP) is 3.38. The molecule has 0 bridgehead atoms. The number of amides is 2. The minimum Gasteiger partial charge on any atom is -0.508 e. The molecule has 28 heavy (non-hydrogen) atoms. The Morgan fingerprint density at radius 2 is 1.93 bits per heavy atom. The molecule has 3 N–H and O–H groups in total. The lowest BCUT2D eigenvalue weighted by molar-refractivity contribution is -0.138. The monoisotopic (exact) mass is 402 g/mol. The van der Waals surface area contributed by atoms with E-state index in [9.17, 15) is 14.7 Å². The van der Waals surface area contributed by atoms with Crippen molar-refractivity contribution in [3.8, 4) is 11.5 Å². The first-order chi connectivity index (χ1) is 13.4. The van der Waals surface area contributed by atoms with Crippen LogP contribution in [-0.4, -0.2) is 30.8 Å². The molecule has 8 heteroatoms. The molecule has 1 aliphatic heterocycles. The fraction of sp³-hybridized carbons (Fsp3) is 0.200. The topological polar surface area (TPSA) is 96.9 Å². The molecule has 0 spiro atoms. The third-order valence-electron chi connectivity index (χ3n) is 4.25. The SMILES string of the molecule is CCOC(=O)C1=C(c2ccc(OC)cc2)NC(=O)NC1c1cc(Cl)ccc1O. The third kappa shape index (κ3) is 3.89. The van der Waals surface area contributed by atoms with Crippen molar-refractivity contribution >= 4 is 29.3 Å². The van der Waals surface area contributed by atoms with Gasteiger partial charge in [0.1, 0.15) is 11.5 Å². The Balaban J connectivity index is 2.20. The Morgan fingerprint density at radius 3 is 2.57 bits per heavy atom. The lowest BCUT2D eigenvalue weighted by atomic mass is 9.92. The number of hydrogen-bond donors (Lipinski definition) is 3. The van der Waals surface area contributed by atoms with E-state index >= 15 is 0 Å². The van der Waals surface area contributed by atoms with Gasteiger partial charge >= 0.3 is 12.0 Å². The molecule has 146 valence electrons. The number of rotatable bonds is 5. The molecule has 7 nitrogen and oxygen atoms in total. The van der Waals surface area contributed by atoms with E-state index in [4.69, 9.17) is 21.1 Å². The third-order valence-corrected chi connectivity index (χ3v) is 4.48. The van der Waals surface area contributed by atoms with Crippen LogP contribution in [0, 0.1) is 0 Å². The first-order valence-electron chi connectivity index (χ1n) is 8.56. The summed E-state index contributed by atoms with van der Waals surface area (Å²) in [5.74, 6) is -0.0935. The van der Waals surface area contributed by atoms with Crippen LogP contribution >= 0.6 is 11.6 Å². The Morgan fingerprint density at radius 1 is 1.21 bits per heavy atom. The second kappa shape index (κ2) is 8.22. The highest BCUT2D eigenvalue weighted by atomic mass is 35.5. The van der Waals surface area contributed by atoms with Crippen LogP contribution in [0.25, 0.3) is 5.70 Å². The molecule has 1 heterocycles. The van der Waals surface area contributed by atoms with Gasteiger partial charge in [-0.2, -0.15) is 0 Å².